The first-order valence-corrected chi connectivity index (χ1v) is 7.23. The van der Waals surface area contributed by atoms with Crippen LogP contribution in [-0.4, -0.2) is 36.6 Å². The van der Waals surface area contributed by atoms with Crippen LogP contribution >= 0.6 is 0 Å². The summed E-state index contributed by atoms with van der Waals surface area (Å²) in [4.78, 5) is 5.32. The number of aryl methyl sites for hydroxylation is 1. The van der Waals surface area contributed by atoms with Gasteiger partial charge in [-0.1, -0.05) is 12.1 Å². The van der Waals surface area contributed by atoms with E-state index >= 15 is 0 Å². The molecule has 0 bridgehead atoms. The minimum atomic E-state index is 0.639. The van der Waals surface area contributed by atoms with Crippen molar-refractivity contribution in [2.24, 2.45) is 0 Å². The molecule has 2 unspecified atom stereocenters. The molecule has 2 aliphatic heterocycles. The van der Waals surface area contributed by atoms with Gasteiger partial charge in [-0.25, -0.2) is 0 Å². The van der Waals surface area contributed by atoms with Crippen molar-refractivity contribution in [2.45, 2.75) is 45.7 Å². The van der Waals surface area contributed by atoms with E-state index in [1.807, 2.05) is 0 Å². The molecule has 2 saturated heterocycles. The lowest BCUT2D eigenvalue weighted by atomic mass is 10.0. The molecule has 2 atom stereocenters. The predicted molar refractivity (Wildman–Crippen MR) is 77.3 cm³/mol. The molecule has 0 amide bonds. The Morgan fingerprint density at radius 1 is 1.17 bits per heavy atom. The Bertz CT molecular complexity index is 441. The van der Waals surface area contributed by atoms with Crippen molar-refractivity contribution in [3.63, 3.8) is 0 Å². The average Bonchev–Trinajstić information content (AvgIpc) is 2.79. The Hall–Kier alpha value is -1.02. The monoisotopic (exact) mass is 244 g/mol. The lowest BCUT2D eigenvalue weighted by Crippen LogP contribution is -2.55. The molecule has 0 N–H and O–H groups in total. The van der Waals surface area contributed by atoms with Crippen LogP contribution in [0, 0.1) is 13.8 Å². The number of anilines is 1. The Morgan fingerprint density at radius 2 is 2.00 bits per heavy atom. The maximum absolute atomic E-state index is 2.69. The summed E-state index contributed by atoms with van der Waals surface area (Å²) in [5.41, 5.74) is 4.32. The van der Waals surface area contributed by atoms with Gasteiger partial charge in [-0.15, -0.1) is 0 Å². The summed E-state index contributed by atoms with van der Waals surface area (Å²) in [5.74, 6) is 0. The fourth-order valence-electron chi connectivity index (χ4n) is 3.57. The molecular weight excluding hydrogens is 220 g/mol. The highest BCUT2D eigenvalue weighted by molar-refractivity contribution is 5.57. The zero-order valence-electron chi connectivity index (χ0n) is 11.8. The first-order chi connectivity index (χ1) is 8.66. The SMILES string of the molecule is Cc1cccc(N2CC3CCCN3CC2C)c1C. The summed E-state index contributed by atoms with van der Waals surface area (Å²) >= 11 is 0. The number of nitrogens with zero attached hydrogens (tertiary/aromatic N) is 2. The number of piperazine rings is 1. The summed E-state index contributed by atoms with van der Waals surface area (Å²) in [7, 11) is 0. The molecule has 2 fully saturated rings. The number of benzene rings is 1. The molecule has 98 valence electrons. The molecule has 3 rings (SSSR count). The van der Waals surface area contributed by atoms with Gasteiger partial charge in [0.25, 0.3) is 0 Å². The van der Waals surface area contributed by atoms with Crippen LogP contribution in [0.2, 0.25) is 0 Å². The number of rotatable bonds is 1. The topological polar surface area (TPSA) is 6.48 Å². The van der Waals surface area contributed by atoms with Crippen molar-refractivity contribution in [3.05, 3.63) is 29.3 Å². The second-order valence-electron chi connectivity index (χ2n) is 6.01. The summed E-state index contributed by atoms with van der Waals surface area (Å²) in [5, 5.41) is 0. The first-order valence-electron chi connectivity index (χ1n) is 7.23. The Labute approximate surface area is 111 Å². The molecule has 2 aliphatic rings. The molecule has 1 aromatic carbocycles. The standard InChI is InChI=1S/C16H24N2/c1-12-6-4-8-16(14(12)3)18-11-15-7-5-9-17(15)10-13(18)2/h4,6,8,13,15H,5,7,9-11H2,1-3H3. The van der Waals surface area contributed by atoms with E-state index in [-0.39, 0.29) is 0 Å². The fraction of sp³-hybridized carbons (Fsp3) is 0.625. The van der Waals surface area contributed by atoms with E-state index in [2.05, 4.69) is 48.8 Å². The van der Waals surface area contributed by atoms with Crippen LogP contribution in [0.4, 0.5) is 5.69 Å². The van der Waals surface area contributed by atoms with E-state index < -0.39 is 0 Å². The minimum Gasteiger partial charge on any atom is -0.366 e. The molecule has 0 radical (unpaired) electrons. The van der Waals surface area contributed by atoms with Crippen LogP contribution in [0.1, 0.15) is 30.9 Å². The highest BCUT2D eigenvalue weighted by Crippen LogP contribution is 2.31. The molecule has 0 aliphatic carbocycles. The van der Waals surface area contributed by atoms with Crippen LogP contribution < -0.4 is 4.90 Å². The number of fused-ring (bicyclic) bond motifs is 1. The molecule has 0 saturated carbocycles. The Balaban J connectivity index is 1.89. The number of hydrogen-bond donors (Lipinski definition) is 0. The van der Waals surface area contributed by atoms with E-state index in [1.54, 1.807) is 0 Å². The lowest BCUT2D eigenvalue weighted by Gasteiger charge is -2.44. The van der Waals surface area contributed by atoms with Gasteiger partial charge in [-0.05, 0) is 57.4 Å². The molecule has 2 nitrogen and oxygen atoms in total. The van der Waals surface area contributed by atoms with Gasteiger partial charge >= 0.3 is 0 Å². The van der Waals surface area contributed by atoms with Crippen molar-refractivity contribution in [1.82, 2.24) is 4.90 Å². The zero-order chi connectivity index (χ0) is 12.7. The summed E-state index contributed by atoms with van der Waals surface area (Å²) in [6.07, 6.45) is 2.77. The van der Waals surface area contributed by atoms with Crippen molar-refractivity contribution in [2.75, 3.05) is 24.5 Å². The third-order valence-corrected chi connectivity index (χ3v) is 4.82. The van der Waals surface area contributed by atoms with Gasteiger partial charge in [0.05, 0.1) is 0 Å². The smallest absolute Gasteiger partial charge is 0.0401 e. The summed E-state index contributed by atoms with van der Waals surface area (Å²) in [6, 6.07) is 8.14. The third kappa shape index (κ3) is 1.93. The maximum atomic E-state index is 2.69. The predicted octanol–water partition coefficient (Wildman–Crippen LogP) is 2.98. The van der Waals surface area contributed by atoms with Gasteiger partial charge in [0.2, 0.25) is 0 Å². The van der Waals surface area contributed by atoms with Gasteiger partial charge in [0.1, 0.15) is 0 Å². The molecule has 0 aromatic heterocycles. The van der Waals surface area contributed by atoms with Crippen molar-refractivity contribution >= 4 is 5.69 Å². The van der Waals surface area contributed by atoms with Gasteiger partial charge in [0.15, 0.2) is 0 Å². The minimum absolute atomic E-state index is 0.639. The average molecular weight is 244 g/mol. The molecule has 18 heavy (non-hydrogen) atoms. The molecule has 2 heteroatoms. The van der Waals surface area contributed by atoms with E-state index in [0.717, 1.165) is 6.04 Å². The Morgan fingerprint density at radius 3 is 2.83 bits per heavy atom. The Kier molecular flexibility index (Phi) is 3.06. The van der Waals surface area contributed by atoms with Crippen molar-refractivity contribution in [3.8, 4) is 0 Å². The quantitative estimate of drug-likeness (QED) is 0.749. The highest BCUT2D eigenvalue weighted by Gasteiger charge is 2.34. The van der Waals surface area contributed by atoms with Crippen LogP contribution in [0.25, 0.3) is 0 Å². The van der Waals surface area contributed by atoms with Crippen molar-refractivity contribution in [1.29, 1.82) is 0 Å². The van der Waals surface area contributed by atoms with Crippen LogP contribution in [0.5, 0.6) is 0 Å². The van der Waals surface area contributed by atoms with Gasteiger partial charge in [0, 0.05) is 30.9 Å². The summed E-state index contributed by atoms with van der Waals surface area (Å²) in [6.45, 7) is 10.6. The van der Waals surface area contributed by atoms with Crippen LogP contribution in [0.3, 0.4) is 0 Å². The van der Waals surface area contributed by atoms with E-state index in [9.17, 15) is 0 Å². The largest absolute Gasteiger partial charge is 0.366 e. The fourth-order valence-corrected chi connectivity index (χ4v) is 3.57. The van der Waals surface area contributed by atoms with Gasteiger partial charge in [-0.3, -0.25) is 4.90 Å². The summed E-state index contributed by atoms with van der Waals surface area (Å²) < 4.78 is 0. The lowest BCUT2D eigenvalue weighted by molar-refractivity contribution is 0.203. The zero-order valence-corrected chi connectivity index (χ0v) is 11.8. The molecular formula is C16H24N2. The second-order valence-corrected chi connectivity index (χ2v) is 6.01. The molecule has 2 heterocycles. The van der Waals surface area contributed by atoms with Gasteiger partial charge in [-0.2, -0.15) is 0 Å². The molecule has 1 aromatic rings. The maximum Gasteiger partial charge on any atom is 0.0401 e. The normalized spacial score (nSPS) is 28.5. The van der Waals surface area contributed by atoms with Gasteiger partial charge < -0.3 is 4.90 Å². The van der Waals surface area contributed by atoms with Crippen LogP contribution in [0.15, 0.2) is 18.2 Å². The highest BCUT2D eigenvalue weighted by atomic mass is 15.3. The van der Waals surface area contributed by atoms with E-state index in [1.165, 1.54) is 49.3 Å². The van der Waals surface area contributed by atoms with E-state index in [0.29, 0.717) is 6.04 Å². The van der Waals surface area contributed by atoms with E-state index in [4.69, 9.17) is 0 Å². The first kappa shape index (κ1) is 12.0. The van der Waals surface area contributed by atoms with Crippen molar-refractivity contribution < 1.29 is 0 Å². The molecule has 0 spiro atoms. The number of hydrogen-bond acceptors (Lipinski definition) is 2. The van der Waals surface area contributed by atoms with Crippen LogP contribution in [-0.2, 0) is 0 Å². The second kappa shape index (κ2) is 4.58. The third-order valence-electron chi connectivity index (χ3n) is 4.82.